The van der Waals surface area contributed by atoms with Gasteiger partial charge in [-0.1, -0.05) is 0 Å². The third-order valence-corrected chi connectivity index (χ3v) is 1.87. The second kappa shape index (κ2) is 2.12. The van der Waals surface area contributed by atoms with Crippen molar-refractivity contribution in [3.63, 3.8) is 0 Å². The lowest BCUT2D eigenvalue weighted by atomic mass is 10.1. The second-order valence-electron chi connectivity index (χ2n) is 2.73. The lowest BCUT2D eigenvalue weighted by Gasteiger charge is -2.25. The van der Waals surface area contributed by atoms with Gasteiger partial charge >= 0.3 is 0 Å². The summed E-state index contributed by atoms with van der Waals surface area (Å²) < 4.78 is 12.8. The SMILES string of the molecule is CC1=CC(F)=CN2C=CNC12. The zero-order chi connectivity index (χ0) is 7.84. The van der Waals surface area contributed by atoms with Gasteiger partial charge in [-0.2, -0.15) is 0 Å². The number of hydrogen-bond donors (Lipinski definition) is 1. The summed E-state index contributed by atoms with van der Waals surface area (Å²) in [6.45, 7) is 1.91. The van der Waals surface area contributed by atoms with Gasteiger partial charge in [0, 0.05) is 18.6 Å². The van der Waals surface area contributed by atoms with Crippen LogP contribution in [-0.2, 0) is 0 Å². The molecule has 2 aliphatic heterocycles. The minimum absolute atomic E-state index is 0.134. The summed E-state index contributed by atoms with van der Waals surface area (Å²) >= 11 is 0. The van der Waals surface area contributed by atoms with Gasteiger partial charge in [0.25, 0.3) is 0 Å². The first-order chi connectivity index (χ1) is 5.27. The molecule has 1 atom stereocenters. The molecule has 0 aromatic heterocycles. The fourth-order valence-corrected chi connectivity index (χ4v) is 1.35. The van der Waals surface area contributed by atoms with E-state index in [1.54, 1.807) is 6.08 Å². The van der Waals surface area contributed by atoms with Crippen LogP contribution in [0.2, 0.25) is 0 Å². The van der Waals surface area contributed by atoms with Crippen molar-refractivity contribution >= 4 is 0 Å². The van der Waals surface area contributed by atoms with Crippen LogP contribution in [0.4, 0.5) is 4.39 Å². The summed E-state index contributed by atoms with van der Waals surface area (Å²) in [6, 6.07) is 0. The van der Waals surface area contributed by atoms with Crippen LogP contribution in [0.1, 0.15) is 6.92 Å². The van der Waals surface area contributed by atoms with E-state index in [1.807, 2.05) is 24.2 Å². The molecule has 0 aliphatic carbocycles. The number of halogens is 1. The Labute approximate surface area is 64.7 Å². The molecule has 2 heterocycles. The molecule has 2 rings (SSSR count). The highest BCUT2D eigenvalue weighted by atomic mass is 19.1. The first-order valence-corrected chi connectivity index (χ1v) is 3.53. The van der Waals surface area contributed by atoms with Gasteiger partial charge < -0.3 is 10.2 Å². The Morgan fingerprint density at radius 3 is 3.27 bits per heavy atom. The van der Waals surface area contributed by atoms with E-state index in [4.69, 9.17) is 0 Å². The average molecular weight is 152 g/mol. The van der Waals surface area contributed by atoms with Crippen molar-refractivity contribution in [1.29, 1.82) is 0 Å². The van der Waals surface area contributed by atoms with Crippen LogP contribution in [0, 0.1) is 0 Å². The molecule has 0 amide bonds. The normalized spacial score (nSPS) is 27.5. The number of rotatable bonds is 0. The van der Waals surface area contributed by atoms with Crippen LogP contribution in [0.15, 0.2) is 36.1 Å². The zero-order valence-electron chi connectivity index (χ0n) is 6.21. The van der Waals surface area contributed by atoms with Crippen molar-refractivity contribution in [2.75, 3.05) is 0 Å². The standard InChI is InChI=1S/C8H9FN2/c1-6-4-7(9)5-11-3-2-10-8(6)11/h2-5,8,10H,1H3. The number of hydrogen-bond acceptors (Lipinski definition) is 2. The lowest BCUT2D eigenvalue weighted by Crippen LogP contribution is -2.34. The quantitative estimate of drug-likeness (QED) is 0.565. The van der Waals surface area contributed by atoms with Gasteiger partial charge in [-0.05, 0) is 18.6 Å². The molecule has 2 aliphatic rings. The van der Waals surface area contributed by atoms with E-state index < -0.39 is 0 Å². The molecule has 0 saturated heterocycles. The summed E-state index contributed by atoms with van der Waals surface area (Å²) in [5, 5.41) is 3.09. The molecule has 58 valence electrons. The van der Waals surface area contributed by atoms with Crippen LogP contribution in [0.25, 0.3) is 0 Å². The molecule has 11 heavy (non-hydrogen) atoms. The molecule has 1 N–H and O–H groups in total. The third-order valence-electron chi connectivity index (χ3n) is 1.87. The maximum Gasteiger partial charge on any atom is 0.139 e. The number of nitrogens with one attached hydrogen (secondary N) is 1. The van der Waals surface area contributed by atoms with Gasteiger partial charge in [-0.15, -0.1) is 0 Å². The fourth-order valence-electron chi connectivity index (χ4n) is 1.35. The maximum atomic E-state index is 12.8. The van der Waals surface area contributed by atoms with Crippen LogP contribution in [-0.4, -0.2) is 11.1 Å². The molecule has 0 fully saturated rings. The van der Waals surface area contributed by atoms with E-state index in [-0.39, 0.29) is 12.0 Å². The van der Waals surface area contributed by atoms with Gasteiger partial charge in [0.1, 0.15) is 12.0 Å². The maximum absolute atomic E-state index is 12.8. The molecule has 0 saturated carbocycles. The van der Waals surface area contributed by atoms with Crippen LogP contribution in [0.5, 0.6) is 0 Å². The van der Waals surface area contributed by atoms with Crippen molar-refractivity contribution in [3.05, 3.63) is 36.1 Å². The summed E-state index contributed by atoms with van der Waals surface area (Å²) in [5.41, 5.74) is 0.995. The number of nitrogens with zero attached hydrogens (tertiary/aromatic N) is 1. The minimum atomic E-state index is -0.188. The van der Waals surface area contributed by atoms with Gasteiger partial charge in [-0.25, -0.2) is 4.39 Å². The Kier molecular flexibility index (Phi) is 1.24. The Hall–Kier alpha value is -1.25. The van der Waals surface area contributed by atoms with Gasteiger partial charge in [0.05, 0.1) is 0 Å². The average Bonchev–Trinajstić information content (AvgIpc) is 2.34. The largest absolute Gasteiger partial charge is 0.366 e. The third kappa shape index (κ3) is 0.926. The smallest absolute Gasteiger partial charge is 0.139 e. The predicted octanol–water partition coefficient (Wildman–Crippen LogP) is 1.46. The molecule has 2 nitrogen and oxygen atoms in total. The van der Waals surface area contributed by atoms with E-state index in [0.29, 0.717) is 0 Å². The first kappa shape index (κ1) is 6.46. The van der Waals surface area contributed by atoms with Crippen molar-refractivity contribution in [2.24, 2.45) is 0 Å². The lowest BCUT2D eigenvalue weighted by molar-refractivity contribution is 0.390. The predicted molar refractivity (Wildman–Crippen MR) is 40.9 cm³/mol. The van der Waals surface area contributed by atoms with E-state index in [2.05, 4.69) is 5.32 Å². The Morgan fingerprint density at radius 2 is 2.45 bits per heavy atom. The molecular formula is C8H9FN2. The molecular weight excluding hydrogens is 143 g/mol. The number of allylic oxidation sites excluding steroid dienone is 2. The van der Waals surface area contributed by atoms with Crippen molar-refractivity contribution in [1.82, 2.24) is 10.2 Å². The Balaban J connectivity index is 2.33. The Morgan fingerprint density at radius 1 is 1.64 bits per heavy atom. The van der Waals surface area contributed by atoms with E-state index in [9.17, 15) is 4.39 Å². The summed E-state index contributed by atoms with van der Waals surface area (Å²) in [5.74, 6) is -0.188. The fraction of sp³-hybridized carbons (Fsp3) is 0.250. The molecule has 0 bridgehead atoms. The second-order valence-corrected chi connectivity index (χ2v) is 2.73. The minimum Gasteiger partial charge on any atom is -0.366 e. The highest BCUT2D eigenvalue weighted by Crippen LogP contribution is 2.22. The topological polar surface area (TPSA) is 15.3 Å². The molecule has 0 radical (unpaired) electrons. The Bertz CT molecular complexity index is 265. The van der Waals surface area contributed by atoms with Crippen LogP contribution in [0.3, 0.4) is 0 Å². The zero-order valence-corrected chi connectivity index (χ0v) is 6.21. The van der Waals surface area contributed by atoms with Crippen molar-refractivity contribution < 1.29 is 4.39 Å². The highest BCUT2D eigenvalue weighted by Gasteiger charge is 2.22. The molecule has 0 spiro atoms. The summed E-state index contributed by atoms with van der Waals surface area (Å²) in [4.78, 5) is 1.81. The molecule has 0 aromatic rings. The van der Waals surface area contributed by atoms with E-state index >= 15 is 0 Å². The molecule has 3 heteroatoms. The van der Waals surface area contributed by atoms with Gasteiger partial charge in [0.2, 0.25) is 0 Å². The summed E-state index contributed by atoms with van der Waals surface area (Å²) in [7, 11) is 0. The van der Waals surface area contributed by atoms with Gasteiger partial charge in [-0.3, -0.25) is 0 Å². The highest BCUT2D eigenvalue weighted by molar-refractivity contribution is 5.29. The van der Waals surface area contributed by atoms with Crippen LogP contribution < -0.4 is 5.32 Å². The monoisotopic (exact) mass is 152 g/mol. The van der Waals surface area contributed by atoms with Crippen molar-refractivity contribution in [3.8, 4) is 0 Å². The first-order valence-electron chi connectivity index (χ1n) is 3.53. The summed E-state index contributed by atoms with van der Waals surface area (Å²) in [6.07, 6.45) is 6.79. The number of fused-ring (bicyclic) bond motifs is 1. The van der Waals surface area contributed by atoms with E-state index in [0.717, 1.165) is 5.57 Å². The van der Waals surface area contributed by atoms with Crippen LogP contribution >= 0.6 is 0 Å². The van der Waals surface area contributed by atoms with Crippen molar-refractivity contribution in [2.45, 2.75) is 13.1 Å². The molecule has 1 unspecified atom stereocenters. The van der Waals surface area contributed by atoms with E-state index in [1.165, 1.54) is 6.20 Å². The molecule has 0 aromatic carbocycles. The van der Waals surface area contributed by atoms with Gasteiger partial charge in [0.15, 0.2) is 0 Å².